The van der Waals surface area contributed by atoms with E-state index in [1.165, 1.54) is 24.5 Å². The second-order valence-corrected chi connectivity index (χ2v) is 7.85. The first-order valence-corrected chi connectivity index (χ1v) is 9.73. The number of anilines is 1. The van der Waals surface area contributed by atoms with Gasteiger partial charge in [0.2, 0.25) is 0 Å². The van der Waals surface area contributed by atoms with Crippen molar-refractivity contribution in [1.82, 2.24) is 4.90 Å². The van der Waals surface area contributed by atoms with Gasteiger partial charge in [-0.25, -0.2) is 4.79 Å². The highest BCUT2D eigenvalue weighted by molar-refractivity contribution is 7.17. The Hall–Kier alpha value is -1.31. The zero-order chi connectivity index (χ0) is 18.8. The number of fused-ring (bicyclic) bond motifs is 1. The fourth-order valence-electron chi connectivity index (χ4n) is 2.97. The maximum absolute atomic E-state index is 12.7. The molecule has 1 aliphatic heterocycles. The van der Waals surface area contributed by atoms with E-state index in [0.29, 0.717) is 20.6 Å². The van der Waals surface area contributed by atoms with Gasteiger partial charge in [-0.05, 0) is 36.7 Å². The molecule has 2 aromatic rings. The van der Waals surface area contributed by atoms with Crippen molar-refractivity contribution in [3.63, 3.8) is 0 Å². The number of halogens is 3. The summed E-state index contributed by atoms with van der Waals surface area (Å²) in [6.07, 6.45) is 0.748. The number of hydrogen-bond donors (Lipinski definition) is 1. The molecule has 0 saturated heterocycles. The summed E-state index contributed by atoms with van der Waals surface area (Å²) in [6, 6.07) is 4.69. The number of nitrogens with one attached hydrogen (secondary N) is 1. The minimum absolute atomic E-state index is 0. The number of hydrogen-bond acceptors (Lipinski definition) is 5. The number of methoxy groups -OCH3 is 1. The molecule has 1 amide bonds. The molecular weight excluding hydrogens is 431 g/mol. The van der Waals surface area contributed by atoms with Crippen molar-refractivity contribution in [1.29, 1.82) is 0 Å². The minimum Gasteiger partial charge on any atom is -0.465 e. The highest BCUT2D eigenvalue weighted by Crippen LogP contribution is 2.38. The van der Waals surface area contributed by atoms with Crippen LogP contribution in [0.25, 0.3) is 0 Å². The lowest BCUT2D eigenvalue weighted by atomic mass is 10.0. The van der Waals surface area contributed by atoms with E-state index in [1.54, 1.807) is 12.1 Å². The summed E-state index contributed by atoms with van der Waals surface area (Å²) in [7, 11) is 1.34. The summed E-state index contributed by atoms with van der Waals surface area (Å²) < 4.78 is 4.94. The maximum Gasteiger partial charge on any atom is 0.341 e. The van der Waals surface area contributed by atoms with Gasteiger partial charge in [-0.15, -0.1) is 23.7 Å². The van der Waals surface area contributed by atoms with E-state index in [2.05, 4.69) is 17.1 Å². The van der Waals surface area contributed by atoms with Crippen LogP contribution < -0.4 is 5.32 Å². The monoisotopic (exact) mass is 448 g/mol. The molecule has 2 heterocycles. The standard InChI is InChI=1S/C18H18Cl2N2O3S.ClH/c1-3-22-7-6-11-14(9-22)26-17(15(11)18(24)25-2)21-16(23)12-8-10(19)4-5-13(12)20;/h4-5,8H,3,6-7,9H2,1-2H3,(H,21,23);1H. The van der Waals surface area contributed by atoms with E-state index in [0.717, 1.165) is 36.5 Å². The number of thiophene rings is 1. The van der Waals surface area contributed by atoms with Crippen molar-refractivity contribution in [3.05, 3.63) is 49.8 Å². The number of carbonyl (C=O) groups is 2. The lowest BCUT2D eigenvalue weighted by Gasteiger charge is -2.25. The number of carbonyl (C=O) groups excluding carboxylic acids is 2. The van der Waals surface area contributed by atoms with Crippen LogP contribution in [0.1, 0.15) is 38.1 Å². The Morgan fingerprint density at radius 1 is 1.33 bits per heavy atom. The molecule has 0 fully saturated rings. The van der Waals surface area contributed by atoms with Crippen LogP contribution in [0.4, 0.5) is 5.00 Å². The Bertz CT molecular complexity index is 870. The first-order chi connectivity index (χ1) is 12.4. The van der Waals surface area contributed by atoms with Crippen molar-refractivity contribution in [2.45, 2.75) is 19.9 Å². The van der Waals surface area contributed by atoms with Gasteiger partial charge in [0.15, 0.2) is 0 Å². The Labute approximate surface area is 178 Å². The van der Waals surface area contributed by atoms with Crippen LogP contribution in [0.3, 0.4) is 0 Å². The van der Waals surface area contributed by atoms with E-state index >= 15 is 0 Å². The molecule has 0 radical (unpaired) electrons. The third-order valence-corrected chi connectivity index (χ3v) is 6.07. The Balaban J connectivity index is 0.00000261. The number of benzene rings is 1. The van der Waals surface area contributed by atoms with Gasteiger partial charge in [0.05, 0.1) is 23.3 Å². The molecule has 9 heteroatoms. The number of nitrogens with zero attached hydrogens (tertiary/aromatic N) is 1. The van der Waals surface area contributed by atoms with Crippen LogP contribution in [-0.4, -0.2) is 37.0 Å². The second-order valence-electron chi connectivity index (χ2n) is 5.90. The first kappa shape index (κ1) is 22.0. The molecule has 27 heavy (non-hydrogen) atoms. The molecule has 1 aromatic carbocycles. The van der Waals surface area contributed by atoms with Crippen molar-refractivity contribution in [2.24, 2.45) is 0 Å². The molecular formula is C18H19Cl3N2O3S. The molecule has 0 bridgehead atoms. The largest absolute Gasteiger partial charge is 0.465 e. The molecule has 1 N–H and O–H groups in total. The summed E-state index contributed by atoms with van der Waals surface area (Å²) in [5.74, 6) is -0.853. The number of esters is 1. The fourth-order valence-corrected chi connectivity index (χ4v) is 4.62. The molecule has 0 aliphatic carbocycles. The smallest absolute Gasteiger partial charge is 0.341 e. The Morgan fingerprint density at radius 2 is 2.07 bits per heavy atom. The quantitative estimate of drug-likeness (QED) is 0.675. The lowest BCUT2D eigenvalue weighted by Crippen LogP contribution is -2.29. The maximum atomic E-state index is 12.7. The van der Waals surface area contributed by atoms with Gasteiger partial charge in [-0.1, -0.05) is 30.1 Å². The normalized spacial score (nSPS) is 13.5. The Kier molecular flexibility index (Phi) is 7.54. The van der Waals surface area contributed by atoms with Crippen molar-refractivity contribution in [2.75, 3.05) is 25.5 Å². The summed E-state index contributed by atoms with van der Waals surface area (Å²) >= 11 is 13.5. The molecule has 1 aromatic heterocycles. The molecule has 3 rings (SSSR count). The average molecular weight is 450 g/mol. The van der Waals surface area contributed by atoms with E-state index in [4.69, 9.17) is 27.9 Å². The molecule has 0 unspecified atom stereocenters. The van der Waals surface area contributed by atoms with Crippen LogP contribution in [0.5, 0.6) is 0 Å². The Morgan fingerprint density at radius 3 is 2.74 bits per heavy atom. The number of rotatable bonds is 4. The highest BCUT2D eigenvalue weighted by atomic mass is 35.5. The van der Waals surface area contributed by atoms with Crippen molar-refractivity contribution in [3.8, 4) is 0 Å². The van der Waals surface area contributed by atoms with Crippen LogP contribution in [0.2, 0.25) is 10.0 Å². The minimum atomic E-state index is -0.445. The SMILES string of the molecule is CCN1CCc2c(sc(NC(=O)c3cc(Cl)ccc3Cl)c2C(=O)OC)C1.Cl. The van der Waals surface area contributed by atoms with Crippen molar-refractivity contribution < 1.29 is 14.3 Å². The molecule has 0 spiro atoms. The van der Waals surface area contributed by atoms with Gasteiger partial charge in [0, 0.05) is 23.0 Å². The third kappa shape index (κ3) is 4.58. The zero-order valence-corrected chi connectivity index (χ0v) is 17.9. The second kappa shape index (κ2) is 9.26. The number of ether oxygens (including phenoxy) is 1. The predicted octanol–water partition coefficient (Wildman–Crippen LogP) is 4.89. The van der Waals surface area contributed by atoms with Gasteiger partial charge in [-0.2, -0.15) is 0 Å². The molecule has 5 nitrogen and oxygen atoms in total. The molecule has 0 atom stereocenters. The van der Waals surface area contributed by atoms with Gasteiger partial charge in [0.25, 0.3) is 5.91 Å². The summed E-state index contributed by atoms with van der Waals surface area (Å²) in [5, 5.41) is 4.01. The van der Waals surface area contributed by atoms with E-state index in [9.17, 15) is 9.59 Å². The van der Waals surface area contributed by atoms with Gasteiger partial charge in [0.1, 0.15) is 5.00 Å². The summed E-state index contributed by atoms with van der Waals surface area (Å²) in [4.78, 5) is 28.4. The van der Waals surface area contributed by atoms with Crippen molar-refractivity contribution >= 4 is 63.8 Å². The van der Waals surface area contributed by atoms with E-state index < -0.39 is 11.9 Å². The first-order valence-electron chi connectivity index (χ1n) is 8.16. The van der Waals surface area contributed by atoms with Crippen LogP contribution in [0.15, 0.2) is 18.2 Å². The van der Waals surface area contributed by atoms with Crippen LogP contribution >= 0.6 is 46.9 Å². The third-order valence-electron chi connectivity index (χ3n) is 4.37. The van der Waals surface area contributed by atoms with Crippen LogP contribution in [0, 0.1) is 0 Å². The number of amides is 1. The van der Waals surface area contributed by atoms with Gasteiger partial charge in [-0.3, -0.25) is 9.69 Å². The average Bonchev–Trinajstić information content (AvgIpc) is 2.99. The highest BCUT2D eigenvalue weighted by Gasteiger charge is 2.29. The van der Waals surface area contributed by atoms with Gasteiger partial charge >= 0.3 is 5.97 Å². The predicted molar refractivity (Wildman–Crippen MR) is 112 cm³/mol. The summed E-state index contributed by atoms with van der Waals surface area (Å²) in [6.45, 7) is 4.67. The summed E-state index contributed by atoms with van der Waals surface area (Å²) in [5.41, 5.74) is 1.66. The van der Waals surface area contributed by atoms with E-state index in [-0.39, 0.29) is 18.0 Å². The fraction of sp³-hybridized carbons (Fsp3) is 0.333. The zero-order valence-electron chi connectivity index (χ0n) is 14.8. The molecule has 0 saturated carbocycles. The topological polar surface area (TPSA) is 58.6 Å². The molecule has 146 valence electrons. The molecule has 1 aliphatic rings. The number of likely N-dealkylation sites (N-methyl/N-ethyl adjacent to an activating group) is 1. The van der Waals surface area contributed by atoms with Crippen LogP contribution in [-0.2, 0) is 17.7 Å². The lowest BCUT2D eigenvalue weighted by molar-refractivity contribution is 0.0600. The van der Waals surface area contributed by atoms with E-state index in [1.807, 2.05) is 0 Å². The van der Waals surface area contributed by atoms with Gasteiger partial charge < -0.3 is 10.1 Å².